The third kappa shape index (κ3) is 4.00. The fraction of sp³-hybridized carbons (Fsp3) is 0.300. The van der Waals surface area contributed by atoms with Gasteiger partial charge in [0, 0.05) is 4.88 Å². The van der Waals surface area contributed by atoms with Gasteiger partial charge in [-0.2, -0.15) is 8.78 Å². The fourth-order valence-electron chi connectivity index (χ4n) is 3.46. The van der Waals surface area contributed by atoms with E-state index in [1.54, 1.807) is 23.5 Å². The average Bonchev–Trinajstić information content (AvgIpc) is 3.07. The molecule has 1 N–H and O–H groups in total. The number of rotatable bonds is 5. The number of halogens is 3. The summed E-state index contributed by atoms with van der Waals surface area (Å²) in [5, 5.41) is 0.882. The van der Waals surface area contributed by atoms with Crippen LogP contribution in [0, 0.1) is 0 Å². The van der Waals surface area contributed by atoms with Gasteiger partial charge in [-0.25, -0.2) is 4.98 Å². The highest BCUT2D eigenvalue weighted by atomic mass is 35.5. The molecule has 1 aliphatic carbocycles. The highest BCUT2D eigenvalue weighted by Crippen LogP contribution is 2.35. The van der Waals surface area contributed by atoms with E-state index < -0.39 is 6.61 Å². The van der Waals surface area contributed by atoms with Crippen molar-refractivity contribution >= 4 is 44.3 Å². The summed E-state index contributed by atoms with van der Waals surface area (Å²) in [5.41, 5.74) is 1.49. The third-order valence-corrected chi connectivity index (χ3v) is 6.22. The average molecular weight is 439 g/mol. The number of nitrogens with zero attached hydrogens (tertiary/aromatic N) is 1. The third-order valence-electron chi connectivity index (χ3n) is 4.75. The molecule has 0 saturated carbocycles. The number of H-pyrrole nitrogens is 1. The van der Waals surface area contributed by atoms with Crippen LogP contribution in [0.1, 0.15) is 34.7 Å². The topological polar surface area (TPSA) is 64.2 Å². The van der Waals surface area contributed by atoms with Crippen LogP contribution in [-0.2, 0) is 12.8 Å². The van der Waals surface area contributed by atoms with Crippen LogP contribution < -0.4 is 15.0 Å². The van der Waals surface area contributed by atoms with Gasteiger partial charge in [0.05, 0.1) is 17.5 Å². The number of alkyl halides is 2. The summed E-state index contributed by atoms with van der Waals surface area (Å²) in [6, 6.07) is 4.44. The lowest BCUT2D eigenvalue weighted by atomic mass is 9.97. The highest BCUT2D eigenvalue weighted by Gasteiger charge is 2.20. The molecule has 0 unspecified atom stereocenters. The van der Waals surface area contributed by atoms with Crippen LogP contribution in [0.25, 0.3) is 21.3 Å². The van der Waals surface area contributed by atoms with Crippen molar-refractivity contribution in [2.45, 2.75) is 32.3 Å². The van der Waals surface area contributed by atoms with E-state index in [0.29, 0.717) is 15.8 Å². The molecule has 5 nitrogen and oxygen atoms in total. The quantitative estimate of drug-likeness (QED) is 0.594. The number of methoxy groups -OCH3 is 1. The number of aryl methyl sites for hydroxylation is 2. The molecule has 0 aliphatic heterocycles. The Labute approximate surface area is 173 Å². The Kier molecular flexibility index (Phi) is 5.56. The first-order chi connectivity index (χ1) is 14.0. The first-order valence-corrected chi connectivity index (χ1v) is 10.2. The Morgan fingerprint density at radius 3 is 2.86 bits per heavy atom. The van der Waals surface area contributed by atoms with Crippen molar-refractivity contribution in [2.24, 2.45) is 0 Å². The molecule has 0 radical (unpaired) electrons. The van der Waals surface area contributed by atoms with E-state index in [1.165, 1.54) is 24.1 Å². The molecule has 1 aliphatic rings. The van der Waals surface area contributed by atoms with Gasteiger partial charge in [0.1, 0.15) is 4.83 Å². The second kappa shape index (κ2) is 8.12. The standard InChI is InChI=1S/C20H17ClF2N2O3S/c1-27-14-9-10(6-7-13(14)28-20(22)23)8-12(21)17-24-18(26)16-11-4-2-3-5-15(11)29-19(16)25-17/h6-9,20H,2-5H2,1H3,(H,24,25,26)/b12-8-. The largest absolute Gasteiger partial charge is 0.493 e. The Balaban J connectivity index is 1.70. The van der Waals surface area contributed by atoms with E-state index in [0.717, 1.165) is 31.2 Å². The molecule has 0 saturated heterocycles. The Hall–Kier alpha value is -2.45. The second-order valence-electron chi connectivity index (χ2n) is 6.59. The van der Waals surface area contributed by atoms with Crippen molar-refractivity contribution in [3.05, 3.63) is 50.4 Å². The Morgan fingerprint density at radius 1 is 1.31 bits per heavy atom. The number of aromatic amines is 1. The molecule has 0 spiro atoms. The molecule has 9 heteroatoms. The number of thiophene rings is 1. The van der Waals surface area contributed by atoms with Crippen molar-refractivity contribution in [1.82, 2.24) is 9.97 Å². The van der Waals surface area contributed by atoms with Crippen LogP contribution in [-0.4, -0.2) is 23.7 Å². The maximum Gasteiger partial charge on any atom is 0.387 e. The van der Waals surface area contributed by atoms with Gasteiger partial charge in [-0.3, -0.25) is 4.79 Å². The summed E-state index contributed by atoms with van der Waals surface area (Å²) in [4.78, 5) is 21.9. The predicted octanol–water partition coefficient (Wildman–Crippen LogP) is 5.21. The number of ether oxygens (including phenoxy) is 2. The van der Waals surface area contributed by atoms with E-state index in [-0.39, 0.29) is 27.9 Å². The lowest BCUT2D eigenvalue weighted by Gasteiger charge is -2.10. The zero-order chi connectivity index (χ0) is 20.5. The molecule has 1 aromatic carbocycles. The maximum absolute atomic E-state index is 12.7. The van der Waals surface area contributed by atoms with Crippen LogP contribution in [0.4, 0.5) is 8.78 Å². The first-order valence-electron chi connectivity index (χ1n) is 9.01. The lowest BCUT2D eigenvalue weighted by Crippen LogP contribution is -2.12. The minimum Gasteiger partial charge on any atom is -0.493 e. The van der Waals surface area contributed by atoms with Crippen LogP contribution in [0.3, 0.4) is 0 Å². The molecule has 2 heterocycles. The van der Waals surface area contributed by atoms with Crippen molar-refractivity contribution < 1.29 is 18.3 Å². The van der Waals surface area contributed by atoms with Gasteiger partial charge in [-0.1, -0.05) is 17.7 Å². The SMILES string of the molecule is COc1cc(/C=C(\Cl)c2nc3sc4c(c3c(=O)[nH]2)CCCC4)ccc1OC(F)F. The van der Waals surface area contributed by atoms with Crippen LogP contribution in [0.15, 0.2) is 23.0 Å². The smallest absolute Gasteiger partial charge is 0.387 e. The summed E-state index contributed by atoms with van der Waals surface area (Å²) in [7, 11) is 1.36. The summed E-state index contributed by atoms with van der Waals surface area (Å²) in [6.45, 7) is -2.95. The molecule has 29 heavy (non-hydrogen) atoms. The van der Waals surface area contributed by atoms with Gasteiger partial charge in [0.15, 0.2) is 17.3 Å². The van der Waals surface area contributed by atoms with Crippen LogP contribution in [0.2, 0.25) is 0 Å². The molecular weight excluding hydrogens is 422 g/mol. The van der Waals surface area contributed by atoms with E-state index in [2.05, 4.69) is 14.7 Å². The van der Waals surface area contributed by atoms with Crippen LogP contribution >= 0.6 is 22.9 Å². The fourth-order valence-corrected chi connectivity index (χ4v) is 4.94. The normalized spacial score (nSPS) is 14.3. The predicted molar refractivity (Wildman–Crippen MR) is 110 cm³/mol. The molecule has 152 valence electrons. The van der Waals surface area contributed by atoms with Crippen molar-refractivity contribution in [1.29, 1.82) is 0 Å². The van der Waals surface area contributed by atoms with E-state index in [9.17, 15) is 13.6 Å². The van der Waals surface area contributed by atoms with Gasteiger partial charge in [0.25, 0.3) is 5.56 Å². The van der Waals surface area contributed by atoms with Gasteiger partial charge in [-0.05, 0) is 55.0 Å². The molecule has 0 bridgehead atoms. The molecule has 2 aromatic heterocycles. The molecule has 0 atom stereocenters. The number of aromatic nitrogens is 2. The molecule has 0 amide bonds. The van der Waals surface area contributed by atoms with Gasteiger partial charge >= 0.3 is 6.61 Å². The van der Waals surface area contributed by atoms with Gasteiger partial charge < -0.3 is 14.5 Å². The minimum absolute atomic E-state index is 0.0760. The van der Waals surface area contributed by atoms with Crippen molar-refractivity contribution in [2.75, 3.05) is 7.11 Å². The molecular formula is C20H17ClF2N2O3S. The lowest BCUT2D eigenvalue weighted by molar-refractivity contribution is -0.0512. The first kappa shape index (κ1) is 19.8. The van der Waals surface area contributed by atoms with E-state index in [1.807, 2.05) is 0 Å². The van der Waals surface area contributed by atoms with Crippen molar-refractivity contribution in [3.8, 4) is 11.5 Å². The maximum atomic E-state index is 12.7. The number of hydrogen-bond donors (Lipinski definition) is 1. The number of fused-ring (bicyclic) bond motifs is 3. The summed E-state index contributed by atoms with van der Waals surface area (Å²) in [6.07, 6.45) is 5.65. The number of hydrogen-bond acceptors (Lipinski definition) is 5. The Morgan fingerprint density at radius 2 is 2.10 bits per heavy atom. The van der Waals surface area contributed by atoms with Gasteiger partial charge in [-0.15, -0.1) is 11.3 Å². The van der Waals surface area contributed by atoms with Crippen LogP contribution in [0.5, 0.6) is 11.5 Å². The zero-order valence-corrected chi connectivity index (χ0v) is 17.0. The van der Waals surface area contributed by atoms with E-state index >= 15 is 0 Å². The number of nitrogens with one attached hydrogen (secondary N) is 1. The molecule has 0 fully saturated rings. The van der Waals surface area contributed by atoms with Crippen molar-refractivity contribution in [3.63, 3.8) is 0 Å². The number of benzene rings is 1. The highest BCUT2D eigenvalue weighted by molar-refractivity contribution is 7.18. The summed E-state index contributed by atoms with van der Waals surface area (Å²) >= 11 is 7.94. The summed E-state index contributed by atoms with van der Waals surface area (Å²) < 4.78 is 34.4. The minimum atomic E-state index is -2.95. The zero-order valence-electron chi connectivity index (χ0n) is 15.4. The molecule has 3 aromatic rings. The second-order valence-corrected chi connectivity index (χ2v) is 8.08. The monoisotopic (exact) mass is 438 g/mol. The summed E-state index contributed by atoms with van der Waals surface area (Å²) in [5.74, 6) is 0.328. The molecule has 4 rings (SSSR count). The van der Waals surface area contributed by atoms with E-state index in [4.69, 9.17) is 16.3 Å². The van der Waals surface area contributed by atoms with Gasteiger partial charge in [0.2, 0.25) is 0 Å². The Bertz CT molecular complexity index is 1160.